The number of amides is 1. The lowest BCUT2D eigenvalue weighted by atomic mass is 10.3. The molecular weight excluding hydrogens is 396 g/mol. The van der Waals surface area contributed by atoms with Gasteiger partial charge in [0.1, 0.15) is 12.3 Å². The van der Waals surface area contributed by atoms with Crippen LogP contribution in [0.2, 0.25) is 0 Å². The van der Waals surface area contributed by atoms with Gasteiger partial charge in [0.25, 0.3) is 5.91 Å². The topological polar surface area (TPSA) is 88.4 Å². The number of methoxy groups -OCH3 is 3. The highest BCUT2D eigenvalue weighted by Crippen LogP contribution is 2.26. The van der Waals surface area contributed by atoms with E-state index in [1.807, 2.05) is 12.1 Å². The molecule has 9 heteroatoms. The minimum absolute atomic E-state index is 0.0672. The third-order valence-electron chi connectivity index (χ3n) is 4.05. The lowest BCUT2D eigenvalue weighted by Crippen LogP contribution is -2.23. The minimum atomic E-state index is -0.493. The van der Waals surface area contributed by atoms with E-state index in [0.717, 1.165) is 10.2 Å². The Kier molecular flexibility index (Phi) is 6.50. The first-order valence-electron chi connectivity index (χ1n) is 8.63. The summed E-state index contributed by atoms with van der Waals surface area (Å²) < 4.78 is 23.2. The summed E-state index contributed by atoms with van der Waals surface area (Å²) in [6.45, 7) is -0.335. The fraction of sp³-hybridized carbons (Fsp3) is 0.250. The minimum Gasteiger partial charge on any atom is -0.497 e. The number of esters is 1. The van der Waals surface area contributed by atoms with Crippen molar-refractivity contribution in [1.29, 1.82) is 0 Å². The van der Waals surface area contributed by atoms with Gasteiger partial charge in [-0.25, -0.2) is 0 Å². The number of carbonyl (C=O) groups excluding carboxylic acids is 2. The Morgan fingerprint density at radius 1 is 1.03 bits per heavy atom. The molecule has 0 atom stereocenters. The Hall–Kier alpha value is -3.33. The van der Waals surface area contributed by atoms with Gasteiger partial charge in [0, 0.05) is 0 Å². The summed E-state index contributed by atoms with van der Waals surface area (Å²) in [5.74, 6) is 0.700. The second-order valence-electron chi connectivity index (χ2n) is 5.83. The molecule has 3 aromatic rings. The zero-order valence-electron chi connectivity index (χ0n) is 16.2. The highest BCUT2D eigenvalue weighted by molar-refractivity contribution is 7.16. The van der Waals surface area contributed by atoms with Crippen molar-refractivity contribution < 1.29 is 28.5 Å². The number of hydrogen-bond donors (Lipinski definition) is 0. The van der Waals surface area contributed by atoms with E-state index in [0.29, 0.717) is 22.0 Å². The lowest BCUT2D eigenvalue weighted by Gasteiger charge is -2.08. The maximum atomic E-state index is 12.4. The largest absolute Gasteiger partial charge is 0.497 e. The van der Waals surface area contributed by atoms with Gasteiger partial charge < -0.3 is 23.5 Å². The van der Waals surface area contributed by atoms with Crippen molar-refractivity contribution >= 4 is 33.4 Å². The van der Waals surface area contributed by atoms with Gasteiger partial charge in [-0.2, -0.15) is 4.99 Å². The standard InChI is InChI=1S/C20H20N2O6S/c1-25-13-8-9-14-17(10-13)29-20(22(14)11-19(24)27-3)21-18(23)12-28-16-7-5-4-6-15(16)26-2/h4-10H,11-12H2,1-3H3. The molecule has 0 unspecified atom stereocenters. The monoisotopic (exact) mass is 416 g/mol. The number of thiazole rings is 1. The summed E-state index contributed by atoms with van der Waals surface area (Å²) in [6.07, 6.45) is 0. The summed E-state index contributed by atoms with van der Waals surface area (Å²) in [5.41, 5.74) is 0.749. The number of ether oxygens (including phenoxy) is 4. The van der Waals surface area contributed by atoms with E-state index in [1.54, 1.807) is 42.0 Å². The number of rotatable bonds is 7. The van der Waals surface area contributed by atoms with Crippen LogP contribution in [-0.4, -0.2) is 44.4 Å². The molecule has 0 saturated carbocycles. The van der Waals surface area contributed by atoms with Crippen LogP contribution in [0.25, 0.3) is 10.2 Å². The molecule has 1 heterocycles. The van der Waals surface area contributed by atoms with Crippen LogP contribution in [-0.2, 0) is 20.9 Å². The molecule has 0 aliphatic rings. The summed E-state index contributed by atoms with van der Waals surface area (Å²) >= 11 is 1.27. The van der Waals surface area contributed by atoms with Crippen molar-refractivity contribution in [1.82, 2.24) is 4.57 Å². The fourth-order valence-corrected chi connectivity index (χ4v) is 3.70. The predicted octanol–water partition coefficient (Wildman–Crippen LogP) is 2.40. The van der Waals surface area contributed by atoms with Crippen LogP contribution < -0.4 is 19.0 Å². The molecule has 29 heavy (non-hydrogen) atoms. The van der Waals surface area contributed by atoms with Crippen LogP contribution in [0, 0.1) is 0 Å². The predicted molar refractivity (Wildman–Crippen MR) is 107 cm³/mol. The normalized spacial score (nSPS) is 11.3. The van der Waals surface area contributed by atoms with Crippen LogP contribution in [0.3, 0.4) is 0 Å². The lowest BCUT2D eigenvalue weighted by molar-refractivity contribution is -0.141. The van der Waals surface area contributed by atoms with Gasteiger partial charge in [0.15, 0.2) is 22.9 Å². The quantitative estimate of drug-likeness (QED) is 0.550. The summed E-state index contributed by atoms with van der Waals surface area (Å²) in [7, 11) is 4.40. The highest BCUT2D eigenvalue weighted by atomic mass is 32.1. The smallest absolute Gasteiger partial charge is 0.325 e. The number of nitrogens with zero attached hydrogens (tertiary/aromatic N) is 2. The van der Waals surface area contributed by atoms with Gasteiger partial charge in [-0.3, -0.25) is 9.59 Å². The van der Waals surface area contributed by atoms with E-state index in [-0.39, 0.29) is 13.2 Å². The third-order valence-corrected chi connectivity index (χ3v) is 5.09. The van der Waals surface area contributed by atoms with Gasteiger partial charge in [-0.15, -0.1) is 0 Å². The molecule has 0 spiro atoms. The number of para-hydroxylation sites is 2. The molecule has 0 N–H and O–H groups in total. The van der Waals surface area contributed by atoms with E-state index in [9.17, 15) is 9.59 Å². The summed E-state index contributed by atoms with van der Waals surface area (Å²) in [6, 6.07) is 12.4. The molecule has 8 nitrogen and oxygen atoms in total. The van der Waals surface area contributed by atoms with Crippen LogP contribution >= 0.6 is 11.3 Å². The van der Waals surface area contributed by atoms with Crippen molar-refractivity contribution in [2.24, 2.45) is 4.99 Å². The Morgan fingerprint density at radius 3 is 2.48 bits per heavy atom. The van der Waals surface area contributed by atoms with Gasteiger partial charge in [0.05, 0.1) is 31.5 Å². The van der Waals surface area contributed by atoms with E-state index < -0.39 is 11.9 Å². The molecule has 3 rings (SSSR count). The third kappa shape index (κ3) is 4.75. The molecule has 0 aliphatic carbocycles. The molecule has 0 saturated heterocycles. The first-order chi connectivity index (χ1) is 14.0. The molecule has 0 radical (unpaired) electrons. The second kappa shape index (κ2) is 9.24. The molecular formula is C20H20N2O6S. The maximum Gasteiger partial charge on any atom is 0.325 e. The van der Waals surface area contributed by atoms with Gasteiger partial charge >= 0.3 is 5.97 Å². The number of fused-ring (bicyclic) bond motifs is 1. The number of hydrogen-bond acceptors (Lipinski definition) is 7. The molecule has 1 amide bonds. The average Bonchev–Trinajstić information content (AvgIpc) is 3.08. The molecule has 152 valence electrons. The maximum absolute atomic E-state index is 12.4. The van der Waals surface area contributed by atoms with E-state index >= 15 is 0 Å². The zero-order valence-corrected chi connectivity index (χ0v) is 17.0. The van der Waals surface area contributed by atoms with Crippen LogP contribution in [0.15, 0.2) is 47.5 Å². The van der Waals surface area contributed by atoms with E-state index in [1.165, 1.54) is 25.6 Å². The summed E-state index contributed by atoms with van der Waals surface area (Å²) in [4.78, 5) is 28.8. The number of benzene rings is 2. The second-order valence-corrected chi connectivity index (χ2v) is 6.83. The number of aromatic nitrogens is 1. The Morgan fingerprint density at radius 2 is 1.79 bits per heavy atom. The Balaban J connectivity index is 1.91. The molecule has 0 fully saturated rings. The van der Waals surface area contributed by atoms with Crippen LogP contribution in [0.1, 0.15) is 0 Å². The molecule has 0 bridgehead atoms. The molecule has 2 aromatic carbocycles. The number of carbonyl (C=O) groups is 2. The zero-order chi connectivity index (χ0) is 20.8. The van der Waals surface area contributed by atoms with Crippen molar-refractivity contribution in [2.45, 2.75) is 6.54 Å². The molecule has 1 aromatic heterocycles. The van der Waals surface area contributed by atoms with Crippen molar-refractivity contribution in [3.05, 3.63) is 47.3 Å². The van der Waals surface area contributed by atoms with Gasteiger partial charge in [-0.1, -0.05) is 23.5 Å². The summed E-state index contributed by atoms with van der Waals surface area (Å²) in [5, 5.41) is 0. The fourth-order valence-electron chi connectivity index (χ4n) is 2.63. The van der Waals surface area contributed by atoms with E-state index in [2.05, 4.69) is 4.99 Å². The molecule has 0 aliphatic heterocycles. The Labute approximate surface area is 170 Å². The Bertz CT molecular complexity index is 1100. The van der Waals surface area contributed by atoms with Crippen molar-refractivity contribution in [3.8, 4) is 17.2 Å². The van der Waals surface area contributed by atoms with Crippen molar-refractivity contribution in [2.75, 3.05) is 27.9 Å². The first-order valence-corrected chi connectivity index (χ1v) is 9.45. The van der Waals surface area contributed by atoms with Gasteiger partial charge in [-0.05, 0) is 30.3 Å². The van der Waals surface area contributed by atoms with Crippen LogP contribution in [0.4, 0.5) is 0 Å². The van der Waals surface area contributed by atoms with Crippen molar-refractivity contribution in [3.63, 3.8) is 0 Å². The first kappa shape index (κ1) is 20.4. The average molecular weight is 416 g/mol. The van der Waals surface area contributed by atoms with E-state index in [4.69, 9.17) is 18.9 Å². The van der Waals surface area contributed by atoms with Crippen LogP contribution in [0.5, 0.6) is 17.2 Å². The SMILES string of the molecule is COC(=O)Cn1c(=NC(=O)COc2ccccc2OC)sc2cc(OC)ccc21. The highest BCUT2D eigenvalue weighted by Gasteiger charge is 2.13. The van der Waals surface area contributed by atoms with Gasteiger partial charge in [0.2, 0.25) is 0 Å².